The van der Waals surface area contributed by atoms with Gasteiger partial charge < -0.3 is 29.6 Å². The Kier molecular flexibility index (Phi) is 10.8. The fourth-order valence-electron chi connectivity index (χ4n) is 14.0. The molecular formula is C49H68N2O5. The van der Waals surface area contributed by atoms with E-state index < -0.39 is 18.7 Å². The minimum Gasteiger partial charge on any atom is -0.454 e. The van der Waals surface area contributed by atoms with Gasteiger partial charge in [0.05, 0.1) is 0 Å². The minimum absolute atomic E-state index is 0.138. The van der Waals surface area contributed by atoms with Gasteiger partial charge in [-0.2, -0.15) is 0 Å². The topological polar surface area (TPSA) is 78.1 Å². The molecule has 4 bridgehead atoms. The fraction of sp³-hybridized carbons (Fsp3) is 0.735. The number of piperidine rings is 2. The summed E-state index contributed by atoms with van der Waals surface area (Å²) < 4.78 is 26.6. The molecule has 2 unspecified atom stereocenters. The van der Waals surface area contributed by atoms with Crippen LogP contribution in [0.2, 0.25) is 0 Å². The molecule has 8 aliphatic rings. The maximum atomic E-state index is 14.2. The summed E-state index contributed by atoms with van der Waals surface area (Å²) in [4.78, 5) is 14.2. The van der Waals surface area contributed by atoms with Gasteiger partial charge in [0.25, 0.3) is 12.6 Å². The molecule has 8 atom stereocenters. The first kappa shape index (κ1) is 37.5. The lowest BCUT2D eigenvalue weighted by atomic mass is 9.53. The highest BCUT2D eigenvalue weighted by Crippen LogP contribution is 2.56. The Labute approximate surface area is 336 Å². The van der Waals surface area contributed by atoms with Gasteiger partial charge in [-0.3, -0.25) is 0 Å². The molecule has 0 spiro atoms. The van der Waals surface area contributed by atoms with Gasteiger partial charge in [-0.15, -0.1) is 0 Å². The summed E-state index contributed by atoms with van der Waals surface area (Å²) in [7, 11) is 0. The molecule has 0 aromatic heterocycles. The summed E-state index contributed by atoms with van der Waals surface area (Å²) in [6, 6.07) is 14.8. The maximum Gasteiger partial charge on any atom is 0.514 e. The first-order valence-electron chi connectivity index (χ1n) is 23.5. The van der Waals surface area contributed by atoms with Crippen LogP contribution in [-0.4, -0.2) is 43.9 Å². The van der Waals surface area contributed by atoms with Crippen molar-refractivity contribution < 1.29 is 23.7 Å². The van der Waals surface area contributed by atoms with Crippen molar-refractivity contribution in [2.45, 2.75) is 190 Å². The molecular weight excluding hydrogens is 697 g/mol. The van der Waals surface area contributed by atoms with E-state index in [4.69, 9.17) is 18.9 Å². The summed E-state index contributed by atoms with van der Waals surface area (Å²) in [5.41, 5.74) is 6.44. The first-order valence-corrected chi connectivity index (χ1v) is 23.5. The molecule has 2 aromatic rings. The smallest absolute Gasteiger partial charge is 0.454 e. The zero-order valence-electron chi connectivity index (χ0n) is 34.0. The highest BCUT2D eigenvalue weighted by molar-refractivity contribution is 5.60. The molecule has 304 valence electrons. The molecule has 2 heterocycles. The predicted molar refractivity (Wildman–Crippen MR) is 219 cm³/mol. The van der Waals surface area contributed by atoms with Gasteiger partial charge in [-0.05, 0) is 148 Å². The van der Waals surface area contributed by atoms with Crippen LogP contribution in [-0.2, 0) is 33.1 Å². The molecule has 0 amide bonds. The summed E-state index contributed by atoms with van der Waals surface area (Å²) >= 11 is 0. The van der Waals surface area contributed by atoms with Crippen molar-refractivity contribution in [3.63, 3.8) is 0 Å². The molecule has 6 aliphatic carbocycles. The second kappa shape index (κ2) is 16.1. The van der Waals surface area contributed by atoms with E-state index in [9.17, 15) is 4.79 Å². The van der Waals surface area contributed by atoms with Gasteiger partial charge in [0.15, 0.2) is 0 Å². The number of ether oxygens (including phenoxy) is 4. The predicted octanol–water partition coefficient (Wildman–Crippen LogP) is 10.6. The van der Waals surface area contributed by atoms with Crippen molar-refractivity contribution in [1.82, 2.24) is 10.6 Å². The Balaban J connectivity index is 0.905. The molecule has 4 saturated carbocycles. The van der Waals surface area contributed by atoms with Crippen LogP contribution < -0.4 is 20.1 Å². The van der Waals surface area contributed by atoms with E-state index in [0.29, 0.717) is 23.9 Å². The second-order valence-electron chi connectivity index (χ2n) is 19.6. The Bertz CT molecular complexity index is 1570. The Morgan fingerprint density at radius 1 is 0.536 bits per heavy atom. The van der Waals surface area contributed by atoms with E-state index in [0.717, 1.165) is 88.8 Å². The third-order valence-electron chi connectivity index (χ3n) is 16.7. The molecule has 56 heavy (non-hydrogen) atoms. The molecule has 2 aromatic carbocycles. The minimum atomic E-state index is -0.684. The van der Waals surface area contributed by atoms with E-state index in [2.05, 4.69) is 47.0 Å². The van der Waals surface area contributed by atoms with Gasteiger partial charge in [-0.25, -0.2) is 4.79 Å². The van der Waals surface area contributed by atoms with Crippen molar-refractivity contribution in [1.29, 1.82) is 0 Å². The number of hydrogen-bond acceptors (Lipinski definition) is 7. The van der Waals surface area contributed by atoms with E-state index in [1.807, 2.05) is 0 Å². The van der Waals surface area contributed by atoms with Gasteiger partial charge in [0.2, 0.25) is 0 Å². The van der Waals surface area contributed by atoms with Crippen molar-refractivity contribution in [3.8, 4) is 11.5 Å². The molecule has 7 nitrogen and oxygen atoms in total. The van der Waals surface area contributed by atoms with Crippen LogP contribution in [0.15, 0.2) is 36.4 Å². The van der Waals surface area contributed by atoms with E-state index in [1.165, 1.54) is 112 Å². The standard InChI is InChI=1S/C49H68N2O5/c52-47(55-45(33-13-5-1-2-6-14-33)53-37-21-19-35-29-43-39-17-9-11-23-48(39,25-27-50-43)41(35)31-37)56-46(34-15-7-3-4-8-16-34)54-38-22-20-36-30-44-40-18-10-12-24-49(40,26-28-51-44)42(36)32-38/h19-22,31-34,39-40,43-46,50-51H,1-18,23-30H2/t39-,40-,43+,44+,45?,46?,48+,49+/m0/s1. The summed E-state index contributed by atoms with van der Waals surface area (Å²) in [5.74, 6) is 3.36. The zero-order chi connectivity index (χ0) is 37.5. The third kappa shape index (κ3) is 7.07. The van der Waals surface area contributed by atoms with E-state index >= 15 is 0 Å². The van der Waals surface area contributed by atoms with Crippen molar-refractivity contribution in [2.24, 2.45) is 23.7 Å². The van der Waals surface area contributed by atoms with Crippen molar-refractivity contribution in [2.75, 3.05) is 13.1 Å². The largest absolute Gasteiger partial charge is 0.514 e. The second-order valence-corrected chi connectivity index (χ2v) is 19.6. The van der Waals surface area contributed by atoms with Crippen LogP contribution in [0.5, 0.6) is 11.5 Å². The van der Waals surface area contributed by atoms with Crippen molar-refractivity contribution >= 4 is 6.16 Å². The van der Waals surface area contributed by atoms with E-state index in [1.54, 1.807) is 0 Å². The van der Waals surface area contributed by atoms with Crippen LogP contribution in [0.4, 0.5) is 4.79 Å². The van der Waals surface area contributed by atoms with Gasteiger partial charge in [0.1, 0.15) is 11.5 Å². The highest BCUT2D eigenvalue weighted by atomic mass is 16.8. The number of fused-ring (bicyclic) bond motifs is 2. The van der Waals surface area contributed by atoms with Crippen LogP contribution >= 0.6 is 0 Å². The van der Waals surface area contributed by atoms with Crippen LogP contribution in [0.3, 0.4) is 0 Å². The number of carbonyl (C=O) groups excluding carboxylic acids is 1. The number of benzene rings is 2. The lowest BCUT2D eigenvalue weighted by Crippen LogP contribution is -2.59. The highest BCUT2D eigenvalue weighted by Gasteiger charge is 2.53. The normalized spacial score (nSPS) is 34.1. The lowest BCUT2D eigenvalue weighted by Gasteiger charge is -2.56. The molecule has 6 fully saturated rings. The number of hydrogen-bond donors (Lipinski definition) is 2. The number of rotatable bonds is 8. The molecule has 0 radical (unpaired) electrons. The van der Waals surface area contributed by atoms with Crippen LogP contribution in [0.25, 0.3) is 0 Å². The first-order chi connectivity index (χ1) is 27.6. The molecule has 10 rings (SSSR count). The average Bonchev–Trinajstić information content (AvgIpc) is 3.68. The maximum absolute atomic E-state index is 14.2. The van der Waals surface area contributed by atoms with Gasteiger partial charge >= 0.3 is 6.16 Å². The quantitative estimate of drug-likeness (QED) is 0.157. The van der Waals surface area contributed by atoms with Gasteiger partial charge in [0, 0.05) is 34.7 Å². The molecule has 2 saturated heterocycles. The average molecular weight is 765 g/mol. The fourth-order valence-corrected chi connectivity index (χ4v) is 14.0. The SMILES string of the molecule is O=C(OC(Oc1ccc2c(c1)[C@@]13CCCC[C@H]1[C@@H](C2)NCC3)C1CCCCCC1)OC(Oc1ccc2c(c1)[C@@]13CCCC[C@H]1[C@@H](C2)NCC3)C1CCCCCC1. The Hall–Kier alpha value is -2.77. The monoisotopic (exact) mass is 765 g/mol. The van der Waals surface area contributed by atoms with Crippen LogP contribution in [0, 0.1) is 23.7 Å². The van der Waals surface area contributed by atoms with Crippen LogP contribution in [0.1, 0.15) is 164 Å². The van der Waals surface area contributed by atoms with Crippen molar-refractivity contribution in [3.05, 3.63) is 58.7 Å². The number of nitrogens with one attached hydrogen (secondary N) is 2. The molecule has 7 heteroatoms. The summed E-state index contributed by atoms with van der Waals surface area (Å²) in [5, 5.41) is 7.76. The molecule has 2 aliphatic heterocycles. The zero-order valence-corrected chi connectivity index (χ0v) is 34.0. The van der Waals surface area contributed by atoms with Gasteiger partial charge in [-0.1, -0.05) is 89.2 Å². The summed E-state index contributed by atoms with van der Waals surface area (Å²) in [6.45, 7) is 2.20. The molecule has 2 N–H and O–H groups in total. The third-order valence-corrected chi connectivity index (χ3v) is 16.7. The Morgan fingerprint density at radius 2 is 0.964 bits per heavy atom. The number of carbonyl (C=O) groups is 1. The van der Waals surface area contributed by atoms with E-state index in [-0.39, 0.29) is 22.7 Å². The lowest BCUT2D eigenvalue weighted by molar-refractivity contribution is -0.143. The Morgan fingerprint density at radius 3 is 1.41 bits per heavy atom. The summed E-state index contributed by atoms with van der Waals surface area (Å²) in [6.07, 6.45) is 26.5.